The standard InChI is InChI=1S/C11H11F2N3O3S/c1-16-7-10(6-14-16)20(17,18)15-8-2-4-9(5-3-8)19-11(12)13/h2-7,11,15H,1H3. The smallest absolute Gasteiger partial charge is 0.387 e. The molecule has 1 N–H and O–H groups in total. The number of sulfonamides is 1. The Bertz CT molecular complexity index is 683. The van der Waals surface area contributed by atoms with E-state index >= 15 is 0 Å². The molecule has 0 bridgehead atoms. The van der Waals surface area contributed by atoms with E-state index in [1.165, 1.54) is 41.3 Å². The number of aryl methyl sites for hydroxylation is 1. The van der Waals surface area contributed by atoms with Gasteiger partial charge in [-0.05, 0) is 24.3 Å². The van der Waals surface area contributed by atoms with Gasteiger partial charge in [-0.2, -0.15) is 13.9 Å². The van der Waals surface area contributed by atoms with Crippen LogP contribution in [0.25, 0.3) is 0 Å². The van der Waals surface area contributed by atoms with Crippen LogP contribution in [0.3, 0.4) is 0 Å². The van der Waals surface area contributed by atoms with Gasteiger partial charge in [0, 0.05) is 18.9 Å². The van der Waals surface area contributed by atoms with Crippen LogP contribution in [0.1, 0.15) is 0 Å². The Hall–Kier alpha value is -2.16. The van der Waals surface area contributed by atoms with E-state index in [-0.39, 0.29) is 16.3 Å². The topological polar surface area (TPSA) is 73.2 Å². The zero-order valence-electron chi connectivity index (χ0n) is 10.3. The Morgan fingerprint density at radius 1 is 1.30 bits per heavy atom. The molecule has 0 saturated heterocycles. The predicted molar refractivity (Wildman–Crippen MR) is 67.1 cm³/mol. The SMILES string of the molecule is Cn1cc(S(=O)(=O)Nc2ccc(OC(F)F)cc2)cn1. The molecule has 1 heterocycles. The molecule has 0 aliphatic rings. The van der Waals surface area contributed by atoms with E-state index in [2.05, 4.69) is 14.6 Å². The minimum Gasteiger partial charge on any atom is -0.435 e. The molecule has 108 valence electrons. The van der Waals surface area contributed by atoms with Crippen LogP contribution in [0.15, 0.2) is 41.6 Å². The fourth-order valence-corrected chi connectivity index (χ4v) is 2.50. The van der Waals surface area contributed by atoms with E-state index in [9.17, 15) is 17.2 Å². The van der Waals surface area contributed by atoms with E-state index in [1.54, 1.807) is 7.05 Å². The first kappa shape index (κ1) is 14.3. The lowest BCUT2D eigenvalue weighted by molar-refractivity contribution is -0.0498. The molecule has 1 aromatic heterocycles. The summed E-state index contributed by atoms with van der Waals surface area (Å²) in [7, 11) is -2.16. The van der Waals surface area contributed by atoms with Gasteiger partial charge in [0.05, 0.1) is 6.20 Å². The van der Waals surface area contributed by atoms with Crippen LogP contribution in [0.2, 0.25) is 0 Å². The second kappa shape index (κ2) is 5.45. The number of nitrogens with one attached hydrogen (secondary N) is 1. The number of halogens is 2. The van der Waals surface area contributed by atoms with Crippen LogP contribution in [-0.4, -0.2) is 24.8 Å². The summed E-state index contributed by atoms with van der Waals surface area (Å²) in [6, 6.07) is 5.14. The average molecular weight is 303 g/mol. The first-order chi connectivity index (χ1) is 9.37. The number of aromatic nitrogens is 2. The number of hydrogen-bond donors (Lipinski definition) is 1. The molecule has 1 aromatic carbocycles. The number of ether oxygens (including phenoxy) is 1. The zero-order valence-corrected chi connectivity index (χ0v) is 11.1. The Balaban J connectivity index is 2.13. The Morgan fingerprint density at radius 2 is 1.95 bits per heavy atom. The quantitative estimate of drug-likeness (QED) is 0.914. The maximum absolute atomic E-state index is 12.0. The highest BCUT2D eigenvalue weighted by molar-refractivity contribution is 7.92. The second-order valence-electron chi connectivity index (χ2n) is 3.86. The minimum atomic E-state index is -3.75. The lowest BCUT2D eigenvalue weighted by atomic mass is 10.3. The van der Waals surface area contributed by atoms with E-state index in [4.69, 9.17) is 0 Å². The summed E-state index contributed by atoms with van der Waals surface area (Å²) >= 11 is 0. The first-order valence-corrected chi connectivity index (χ1v) is 6.91. The van der Waals surface area contributed by atoms with Crippen LogP contribution < -0.4 is 9.46 Å². The van der Waals surface area contributed by atoms with Gasteiger partial charge in [-0.25, -0.2) is 8.42 Å². The summed E-state index contributed by atoms with van der Waals surface area (Å²) in [5.74, 6) is -0.0516. The van der Waals surface area contributed by atoms with Crippen LogP contribution >= 0.6 is 0 Å². The second-order valence-corrected chi connectivity index (χ2v) is 5.54. The van der Waals surface area contributed by atoms with Gasteiger partial charge in [0.15, 0.2) is 0 Å². The van der Waals surface area contributed by atoms with Gasteiger partial charge in [0.25, 0.3) is 10.0 Å². The van der Waals surface area contributed by atoms with E-state index < -0.39 is 16.6 Å². The van der Waals surface area contributed by atoms with Crippen molar-refractivity contribution in [1.82, 2.24) is 9.78 Å². The van der Waals surface area contributed by atoms with Crippen molar-refractivity contribution in [2.45, 2.75) is 11.5 Å². The summed E-state index contributed by atoms with van der Waals surface area (Å²) in [5.41, 5.74) is 0.232. The normalized spacial score (nSPS) is 11.6. The highest BCUT2D eigenvalue weighted by atomic mass is 32.2. The lowest BCUT2D eigenvalue weighted by Crippen LogP contribution is -2.12. The fraction of sp³-hybridized carbons (Fsp3) is 0.182. The number of nitrogens with zero attached hydrogens (tertiary/aromatic N) is 2. The summed E-state index contributed by atoms with van der Waals surface area (Å²) in [6.45, 7) is -2.92. The molecule has 0 atom stereocenters. The number of rotatable bonds is 5. The number of anilines is 1. The van der Waals surface area contributed by atoms with Gasteiger partial charge >= 0.3 is 6.61 Å². The summed E-state index contributed by atoms with van der Waals surface area (Å²) in [5, 5.41) is 3.77. The molecule has 9 heteroatoms. The van der Waals surface area contributed by atoms with Gasteiger partial charge < -0.3 is 4.74 Å². The van der Waals surface area contributed by atoms with Crippen molar-refractivity contribution in [2.75, 3.05) is 4.72 Å². The third-order valence-electron chi connectivity index (χ3n) is 2.32. The van der Waals surface area contributed by atoms with Crippen LogP contribution in [-0.2, 0) is 17.1 Å². The highest BCUT2D eigenvalue weighted by Gasteiger charge is 2.16. The Morgan fingerprint density at radius 3 is 2.45 bits per heavy atom. The molecule has 2 rings (SSSR count). The molecule has 0 radical (unpaired) electrons. The van der Waals surface area contributed by atoms with E-state index in [1.807, 2.05) is 0 Å². The Kier molecular flexibility index (Phi) is 3.89. The molecule has 0 amide bonds. The molecule has 0 aliphatic carbocycles. The predicted octanol–water partition coefficient (Wildman–Crippen LogP) is 1.82. The van der Waals surface area contributed by atoms with E-state index in [0.717, 1.165) is 0 Å². The van der Waals surface area contributed by atoms with Crippen molar-refractivity contribution in [3.63, 3.8) is 0 Å². The van der Waals surface area contributed by atoms with Crippen LogP contribution in [0.4, 0.5) is 14.5 Å². The van der Waals surface area contributed by atoms with Crippen LogP contribution in [0, 0.1) is 0 Å². The lowest BCUT2D eigenvalue weighted by Gasteiger charge is -2.08. The fourth-order valence-electron chi connectivity index (χ4n) is 1.46. The van der Waals surface area contributed by atoms with Gasteiger partial charge in [-0.3, -0.25) is 9.40 Å². The van der Waals surface area contributed by atoms with Crippen molar-refractivity contribution < 1.29 is 21.9 Å². The highest BCUT2D eigenvalue weighted by Crippen LogP contribution is 2.20. The molecule has 0 fully saturated rings. The van der Waals surface area contributed by atoms with Crippen molar-refractivity contribution in [1.29, 1.82) is 0 Å². The summed E-state index contributed by atoms with van der Waals surface area (Å²) in [6.07, 6.45) is 2.55. The molecular weight excluding hydrogens is 292 g/mol. The van der Waals surface area contributed by atoms with E-state index in [0.29, 0.717) is 0 Å². The largest absolute Gasteiger partial charge is 0.435 e. The summed E-state index contributed by atoms with van der Waals surface area (Å²) in [4.78, 5) is 0.00732. The maximum Gasteiger partial charge on any atom is 0.387 e. The molecule has 0 saturated carbocycles. The zero-order chi connectivity index (χ0) is 14.8. The third kappa shape index (κ3) is 3.44. The minimum absolute atomic E-state index is 0.00732. The number of alkyl halides is 2. The van der Waals surface area contributed by atoms with Gasteiger partial charge in [-0.1, -0.05) is 0 Å². The molecule has 0 spiro atoms. The molecule has 0 unspecified atom stereocenters. The van der Waals surface area contributed by atoms with Gasteiger partial charge in [0.2, 0.25) is 0 Å². The van der Waals surface area contributed by atoms with Crippen molar-refractivity contribution >= 4 is 15.7 Å². The molecule has 2 aromatic rings. The van der Waals surface area contributed by atoms with Crippen LogP contribution in [0.5, 0.6) is 5.75 Å². The van der Waals surface area contributed by atoms with Gasteiger partial charge in [0.1, 0.15) is 10.6 Å². The molecular formula is C11H11F2N3O3S. The number of benzene rings is 1. The molecule has 20 heavy (non-hydrogen) atoms. The van der Waals surface area contributed by atoms with Crippen molar-refractivity contribution in [3.8, 4) is 5.75 Å². The molecule has 6 nitrogen and oxygen atoms in total. The number of hydrogen-bond acceptors (Lipinski definition) is 4. The average Bonchev–Trinajstić information content (AvgIpc) is 2.78. The monoisotopic (exact) mass is 303 g/mol. The van der Waals surface area contributed by atoms with Crippen molar-refractivity contribution in [2.24, 2.45) is 7.05 Å². The summed E-state index contributed by atoms with van der Waals surface area (Å²) < 4.78 is 55.7. The first-order valence-electron chi connectivity index (χ1n) is 5.43. The third-order valence-corrected chi connectivity index (χ3v) is 3.66. The Labute approximate surface area is 114 Å². The molecule has 0 aliphatic heterocycles. The maximum atomic E-state index is 12.0. The van der Waals surface area contributed by atoms with Gasteiger partial charge in [-0.15, -0.1) is 0 Å². The van der Waals surface area contributed by atoms with Crippen molar-refractivity contribution in [3.05, 3.63) is 36.7 Å².